The first-order valence-electron chi connectivity index (χ1n) is 16.5. The molecule has 4 heterocycles. The molecule has 0 unspecified atom stereocenters. The number of fused-ring (bicyclic) bond motifs is 1. The number of morpholine rings is 1. The highest BCUT2D eigenvalue weighted by molar-refractivity contribution is 5.75. The fourth-order valence-corrected chi connectivity index (χ4v) is 6.65. The minimum Gasteiger partial charge on any atom is -0.494 e. The first-order valence-corrected chi connectivity index (χ1v) is 16.5. The topological polar surface area (TPSA) is 114 Å². The summed E-state index contributed by atoms with van der Waals surface area (Å²) < 4.78 is 19.7. The highest BCUT2D eigenvalue weighted by atomic mass is 16.5. The maximum Gasteiger partial charge on any atom is 0.227 e. The molecule has 2 aliphatic rings. The van der Waals surface area contributed by atoms with Gasteiger partial charge in [0.1, 0.15) is 23.7 Å². The zero-order valence-electron chi connectivity index (χ0n) is 27.4. The number of benzene rings is 3. The van der Waals surface area contributed by atoms with Crippen LogP contribution in [0.4, 0.5) is 17.3 Å². The normalized spacial score (nSPS) is 16.4. The second-order valence-corrected chi connectivity index (χ2v) is 12.3. The molecule has 0 spiro atoms. The van der Waals surface area contributed by atoms with Gasteiger partial charge in [-0.05, 0) is 61.7 Å². The second-order valence-electron chi connectivity index (χ2n) is 12.3. The third-order valence-electron chi connectivity index (χ3n) is 9.22. The number of para-hydroxylation sites is 2. The zero-order chi connectivity index (χ0) is 32.9. The molecule has 2 aromatic heterocycles. The van der Waals surface area contributed by atoms with Gasteiger partial charge in [0, 0.05) is 61.9 Å². The van der Waals surface area contributed by atoms with E-state index in [9.17, 15) is 5.26 Å². The Hall–Kier alpha value is -5.18. The molecule has 2 fully saturated rings. The molecule has 2 saturated heterocycles. The van der Waals surface area contributed by atoms with Crippen molar-refractivity contribution in [1.82, 2.24) is 24.4 Å². The summed E-state index contributed by atoms with van der Waals surface area (Å²) in [5, 5.41) is 13.1. The van der Waals surface area contributed by atoms with Crippen LogP contribution in [-0.2, 0) is 11.3 Å². The largest absolute Gasteiger partial charge is 0.494 e. The van der Waals surface area contributed by atoms with E-state index in [0.717, 1.165) is 91.5 Å². The Bertz CT molecular complexity index is 1890. The number of nitriles is 1. The monoisotopic (exact) mass is 644 g/mol. The summed E-state index contributed by atoms with van der Waals surface area (Å²) in [6, 6.07) is 22.6. The van der Waals surface area contributed by atoms with Gasteiger partial charge in [-0.15, -0.1) is 0 Å². The molecule has 11 nitrogen and oxygen atoms in total. The van der Waals surface area contributed by atoms with Gasteiger partial charge in [0.2, 0.25) is 5.95 Å². The molecular formula is C37H40N8O3. The van der Waals surface area contributed by atoms with Crippen LogP contribution in [0.2, 0.25) is 0 Å². The summed E-state index contributed by atoms with van der Waals surface area (Å²) in [4.78, 5) is 18.7. The van der Waals surface area contributed by atoms with Crippen LogP contribution in [0.3, 0.4) is 0 Å². The van der Waals surface area contributed by atoms with Gasteiger partial charge in [-0.25, -0.2) is 15.0 Å². The van der Waals surface area contributed by atoms with Gasteiger partial charge in [0.15, 0.2) is 0 Å². The Morgan fingerprint density at radius 1 is 0.938 bits per heavy atom. The van der Waals surface area contributed by atoms with Crippen molar-refractivity contribution in [2.45, 2.75) is 38.5 Å². The van der Waals surface area contributed by atoms with E-state index < -0.39 is 0 Å². The molecule has 11 heteroatoms. The number of hydrogen-bond acceptors (Lipinski definition) is 10. The maximum atomic E-state index is 9.76. The van der Waals surface area contributed by atoms with Crippen LogP contribution < -0.4 is 19.7 Å². The predicted octanol–water partition coefficient (Wildman–Crippen LogP) is 5.89. The summed E-state index contributed by atoms with van der Waals surface area (Å²) in [6.45, 7) is 8.38. The van der Waals surface area contributed by atoms with Crippen molar-refractivity contribution in [2.75, 3.05) is 56.7 Å². The fraction of sp³-hybridized carbons (Fsp3) is 0.351. The lowest BCUT2D eigenvalue weighted by Crippen LogP contribution is -2.49. The van der Waals surface area contributed by atoms with Crippen molar-refractivity contribution in [3.05, 3.63) is 84.9 Å². The summed E-state index contributed by atoms with van der Waals surface area (Å²) in [7, 11) is 1.68. The molecule has 2 aliphatic heterocycles. The number of rotatable bonds is 10. The molecule has 7 rings (SSSR count). The quantitative estimate of drug-likeness (QED) is 0.198. The molecule has 0 radical (unpaired) electrons. The van der Waals surface area contributed by atoms with Gasteiger partial charge in [0.05, 0.1) is 55.5 Å². The lowest BCUT2D eigenvalue weighted by Gasteiger charge is -2.40. The number of anilines is 3. The number of nitrogens with one attached hydrogen (secondary N) is 1. The molecule has 0 bridgehead atoms. The smallest absolute Gasteiger partial charge is 0.227 e. The van der Waals surface area contributed by atoms with Gasteiger partial charge >= 0.3 is 0 Å². The minimum atomic E-state index is -0.198. The summed E-state index contributed by atoms with van der Waals surface area (Å²) in [6.07, 6.45) is 7.45. The van der Waals surface area contributed by atoms with E-state index in [1.54, 1.807) is 25.6 Å². The number of aromatic nitrogens is 4. The van der Waals surface area contributed by atoms with Gasteiger partial charge in [0.25, 0.3) is 0 Å². The lowest BCUT2D eigenvalue weighted by molar-refractivity contribution is 0.0115. The lowest BCUT2D eigenvalue weighted by atomic mass is 10.0. The molecule has 48 heavy (non-hydrogen) atoms. The Kier molecular flexibility index (Phi) is 9.36. The van der Waals surface area contributed by atoms with Gasteiger partial charge in [-0.1, -0.05) is 18.2 Å². The highest BCUT2D eigenvalue weighted by Crippen LogP contribution is 2.34. The Morgan fingerprint density at radius 3 is 2.50 bits per heavy atom. The van der Waals surface area contributed by atoms with Crippen molar-refractivity contribution in [1.29, 1.82) is 5.26 Å². The summed E-state index contributed by atoms with van der Waals surface area (Å²) in [5.41, 5.74) is 6.07. The molecule has 5 aromatic rings. The molecule has 1 N–H and O–H groups in total. The number of ether oxygens (including phenoxy) is 3. The third-order valence-corrected chi connectivity index (χ3v) is 9.22. The second kappa shape index (κ2) is 14.3. The van der Waals surface area contributed by atoms with Crippen molar-refractivity contribution < 1.29 is 14.2 Å². The number of piperidine rings is 1. The van der Waals surface area contributed by atoms with Crippen molar-refractivity contribution >= 4 is 28.4 Å². The molecule has 0 aliphatic carbocycles. The van der Waals surface area contributed by atoms with Crippen LogP contribution in [0, 0.1) is 11.3 Å². The standard InChI is InChI=1S/C37H40N8O3/c1-26(24-45-25-41-32-5-3-4-6-34(32)45)48-35-19-27(7-8-28(35)21-38)29-22-39-37(40-23-29)42-33-10-9-31(20-36(33)46-2)43-13-11-30(12-14-43)44-15-17-47-18-16-44/h3-10,19-20,22-23,25-26,30H,11-18,24H2,1-2H3,(H,39,40,42)/t26-/m0/s1. The molecule has 0 amide bonds. The average Bonchev–Trinajstić information content (AvgIpc) is 3.55. The Morgan fingerprint density at radius 2 is 1.73 bits per heavy atom. The first-order chi connectivity index (χ1) is 23.6. The van der Waals surface area contributed by atoms with Crippen LogP contribution >= 0.6 is 0 Å². The average molecular weight is 645 g/mol. The zero-order valence-corrected chi connectivity index (χ0v) is 27.4. The molecule has 246 valence electrons. The number of nitrogens with zero attached hydrogens (tertiary/aromatic N) is 7. The predicted molar refractivity (Wildman–Crippen MR) is 186 cm³/mol. The van der Waals surface area contributed by atoms with Crippen LogP contribution in [0.15, 0.2) is 79.4 Å². The van der Waals surface area contributed by atoms with Gasteiger partial charge in [-0.3, -0.25) is 4.90 Å². The molecule has 1 atom stereocenters. The van der Waals surface area contributed by atoms with Crippen LogP contribution in [0.5, 0.6) is 11.5 Å². The van der Waals surface area contributed by atoms with E-state index in [-0.39, 0.29) is 6.10 Å². The van der Waals surface area contributed by atoms with E-state index in [4.69, 9.17) is 14.2 Å². The van der Waals surface area contributed by atoms with E-state index in [0.29, 0.717) is 29.8 Å². The minimum absolute atomic E-state index is 0.198. The Labute approximate surface area is 280 Å². The SMILES string of the molecule is COc1cc(N2CCC(N3CCOCC3)CC2)ccc1Nc1ncc(-c2ccc(C#N)c(O[C@@H](C)Cn3cnc4ccccc43)c2)cn1. The van der Waals surface area contributed by atoms with E-state index in [2.05, 4.69) is 52.8 Å². The maximum absolute atomic E-state index is 9.76. The van der Waals surface area contributed by atoms with Crippen molar-refractivity contribution in [3.8, 4) is 28.7 Å². The summed E-state index contributed by atoms with van der Waals surface area (Å²) >= 11 is 0. The number of methoxy groups -OCH3 is 1. The van der Waals surface area contributed by atoms with E-state index in [1.807, 2.05) is 55.7 Å². The molecular weight excluding hydrogens is 604 g/mol. The van der Waals surface area contributed by atoms with Crippen LogP contribution in [0.25, 0.3) is 22.2 Å². The van der Waals surface area contributed by atoms with Gasteiger partial charge < -0.3 is 29.0 Å². The van der Waals surface area contributed by atoms with Crippen molar-refractivity contribution in [3.63, 3.8) is 0 Å². The van der Waals surface area contributed by atoms with E-state index >= 15 is 0 Å². The number of imidazole rings is 1. The molecule has 0 saturated carbocycles. The van der Waals surface area contributed by atoms with Crippen LogP contribution in [0.1, 0.15) is 25.3 Å². The Balaban J connectivity index is 0.997. The molecule has 3 aromatic carbocycles. The highest BCUT2D eigenvalue weighted by Gasteiger charge is 2.26. The third kappa shape index (κ3) is 6.90. The van der Waals surface area contributed by atoms with Crippen molar-refractivity contribution in [2.24, 2.45) is 0 Å². The first kappa shape index (κ1) is 31.4. The van der Waals surface area contributed by atoms with Crippen LogP contribution in [-0.4, -0.2) is 83.1 Å². The van der Waals surface area contributed by atoms with E-state index in [1.165, 1.54) is 0 Å². The summed E-state index contributed by atoms with van der Waals surface area (Å²) in [5.74, 6) is 1.72. The van der Waals surface area contributed by atoms with Gasteiger partial charge in [-0.2, -0.15) is 5.26 Å². The number of hydrogen-bond donors (Lipinski definition) is 1. The fourth-order valence-electron chi connectivity index (χ4n) is 6.65.